The second-order valence-corrected chi connectivity index (χ2v) is 17.6. The van der Waals surface area contributed by atoms with Gasteiger partial charge in [-0.05, 0) is 115 Å². The Kier molecular flexibility index (Phi) is 7.64. The quantitative estimate of drug-likeness (QED) is 0.164. The molecule has 0 radical (unpaired) electrons. The molecule has 0 saturated carbocycles. The first kappa shape index (κ1) is 36.1. The first-order valence-electron chi connectivity index (χ1n) is 22.6. The van der Waals surface area contributed by atoms with Gasteiger partial charge < -0.3 is 9.13 Å². The van der Waals surface area contributed by atoms with Crippen molar-refractivity contribution in [2.45, 2.75) is 5.41 Å². The van der Waals surface area contributed by atoms with Gasteiger partial charge in [-0.25, -0.2) is 0 Å². The molecule has 0 bridgehead atoms. The van der Waals surface area contributed by atoms with E-state index in [4.69, 9.17) is 0 Å². The van der Waals surface area contributed by atoms with E-state index in [1.807, 2.05) is 0 Å². The van der Waals surface area contributed by atoms with Crippen LogP contribution in [0.4, 0.5) is 0 Å². The van der Waals surface area contributed by atoms with Crippen LogP contribution in [-0.2, 0) is 5.41 Å². The highest BCUT2D eigenvalue weighted by Gasteiger charge is 2.48. The summed E-state index contributed by atoms with van der Waals surface area (Å²) in [5, 5.41) is 9.92. The number of rotatable bonds is 5. The highest BCUT2D eigenvalue weighted by molar-refractivity contribution is 6.16. The monoisotopic (exact) mass is 824 g/mol. The summed E-state index contributed by atoms with van der Waals surface area (Å²) in [5.41, 5.74) is 16.7. The summed E-state index contributed by atoms with van der Waals surface area (Å²) in [5.74, 6) is 0. The molecule has 2 nitrogen and oxygen atoms in total. The lowest BCUT2D eigenvalue weighted by Gasteiger charge is -2.34. The largest absolute Gasteiger partial charge is 0.309 e. The minimum Gasteiger partial charge on any atom is -0.309 e. The van der Waals surface area contributed by atoms with Crippen LogP contribution in [-0.4, -0.2) is 9.13 Å². The van der Waals surface area contributed by atoms with Gasteiger partial charge >= 0.3 is 0 Å². The van der Waals surface area contributed by atoms with E-state index in [0.717, 1.165) is 5.69 Å². The van der Waals surface area contributed by atoms with Crippen molar-refractivity contribution in [2.24, 2.45) is 0 Å². The SMILES string of the molecule is c1ccc(C2(c3ccccc3)c3ccccc3-c3ccc4c5cc(-c6ccc7c(c6)c6ccccc6n7-c6ccc7ccccc7c6)ccc5n(-c5ccc6ccccc6c5)c4c32)cc1. The molecule has 2 heterocycles. The summed E-state index contributed by atoms with van der Waals surface area (Å²) in [6.07, 6.45) is 0. The van der Waals surface area contributed by atoms with E-state index in [1.54, 1.807) is 0 Å². The van der Waals surface area contributed by atoms with Crippen LogP contribution < -0.4 is 0 Å². The minimum atomic E-state index is -0.565. The van der Waals surface area contributed by atoms with Crippen LogP contribution >= 0.6 is 0 Å². The van der Waals surface area contributed by atoms with Crippen LogP contribution in [0.1, 0.15) is 22.3 Å². The first-order valence-corrected chi connectivity index (χ1v) is 22.6. The first-order chi connectivity index (χ1) is 32.2. The molecule has 0 unspecified atom stereocenters. The normalized spacial score (nSPS) is 13.0. The van der Waals surface area contributed by atoms with Gasteiger partial charge in [0.25, 0.3) is 0 Å². The molecule has 0 aliphatic heterocycles. The molecule has 13 aromatic rings. The third kappa shape index (κ3) is 5.11. The van der Waals surface area contributed by atoms with Gasteiger partial charge in [-0.3, -0.25) is 0 Å². The average molecular weight is 825 g/mol. The van der Waals surface area contributed by atoms with Crippen molar-refractivity contribution in [2.75, 3.05) is 0 Å². The van der Waals surface area contributed by atoms with Crippen molar-refractivity contribution < 1.29 is 0 Å². The van der Waals surface area contributed by atoms with E-state index in [-0.39, 0.29) is 0 Å². The van der Waals surface area contributed by atoms with Crippen molar-refractivity contribution in [3.8, 4) is 33.6 Å². The number of fused-ring (bicyclic) bond motifs is 12. The maximum Gasteiger partial charge on any atom is 0.0734 e. The fourth-order valence-corrected chi connectivity index (χ4v) is 11.5. The zero-order valence-electron chi connectivity index (χ0n) is 35.5. The molecule has 14 rings (SSSR count). The molecule has 0 fully saturated rings. The van der Waals surface area contributed by atoms with Crippen molar-refractivity contribution in [3.63, 3.8) is 0 Å². The van der Waals surface area contributed by atoms with Crippen LogP contribution in [0.2, 0.25) is 0 Å². The van der Waals surface area contributed by atoms with Gasteiger partial charge in [0.2, 0.25) is 0 Å². The maximum atomic E-state index is 2.56. The number of benzene rings is 11. The van der Waals surface area contributed by atoms with Crippen molar-refractivity contribution in [3.05, 3.63) is 265 Å². The molecule has 11 aromatic carbocycles. The number of hydrogen-bond acceptors (Lipinski definition) is 0. The summed E-state index contributed by atoms with van der Waals surface area (Å²) < 4.78 is 4.98. The lowest BCUT2D eigenvalue weighted by atomic mass is 9.67. The van der Waals surface area contributed by atoms with Crippen molar-refractivity contribution in [1.82, 2.24) is 9.13 Å². The van der Waals surface area contributed by atoms with Gasteiger partial charge in [-0.15, -0.1) is 0 Å². The second-order valence-electron chi connectivity index (χ2n) is 17.6. The van der Waals surface area contributed by atoms with E-state index < -0.39 is 5.41 Å². The molecule has 0 N–H and O–H groups in total. The molecule has 0 amide bonds. The zero-order chi connectivity index (χ0) is 42.6. The number of nitrogens with zero attached hydrogens (tertiary/aromatic N) is 2. The predicted octanol–water partition coefficient (Wildman–Crippen LogP) is 16.2. The topological polar surface area (TPSA) is 9.86 Å². The van der Waals surface area contributed by atoms with Gasteiger partial charge in [0.1, 0.15) is 0 Å². The van der Waals surface area contributed by atoms with E-state index >= 15 is 0 Å². The van der Waals surface area contributed by atoms with Crippen LogP contribution in [0, 0.1) is 0 Å². The number of aromatic nitrogens is 2. The highest BCUT2D eigenvalue weighted by atomic mass is 15.0. The number of hydrogen-bond donors (Lipinski definition) is 0. The molecule has 1 aliphatic rings. The highest BCUT2D eigenvalue weighted by Crippen LogP contribution is 2.59. The molecule has 65 heavy (non-hydrogen) atoms. The zero-order valence-corrected chi connectivity index (χ0v) is 35.5. The maximum absolute atomic E-state index is 2.56. The fraction of sp³-hybridized carbons (Fsp3) is 0.0159. The third-order valence-corrected chi connectivity index (χ3v) is 14.3. The van der Waals surface area contributed by atoms with E-state index in [9.17, 15) is 0 Å². The second kappa shape index (κ2) is 13.8. The Hall–Kier alpha value is -8.46. The van der Waals surface area contributed by atoms with Crippen LogP contribution in [0.25, 0.3) is 98.8 Å². The Morgan fingerprint density at radius 2 is 0.800 bits per heavy atom. The minimum absolute atomic E-state index is 0.565. The van der Waals surface area contributed by atoms with E-state index in [1.165, 1.54) is 115 Å². The summed E-state index contributed by atoms with van der Waals surface area (Å²) >= 11 is 0. The average Bonchev–Trinajstić information content (AvgIpc) is 4.00. The van der Waals surface area contributed by atoms with Crippen LogP contribution in [0.3, 0.4) is 0 Å². The lowest BCUT2D eigenvalue weighted by Crippen LogP contribution is -2.29. The van der Waals surface area contributed by atoms with Crippen molar-refractivity contribution >= 4 is 65.2 Å². The fourth-order valence-electron chi connectivity index (χ4n) is 11.5. The Bertz CT molecular complexity index is 4020. The predicted molar refractivity (Wildman–Crippen MR) is 273 cm³/mol. The molecular formula is C63H40N2. The van der Waals surface area contributed by atoms with Gasteiger partial charge in [-0.2, -0.15) is 0 Å². The van der Waals surface area contributed by atoms with Gasteiger partial charge in [-0.1, -0.05) is 188 Å². The van der Waals surface area contributed by atoms with Gasteiger partial charge in [0.05, 0.1) is 27.5 Å². The summed E-state index contributed by atoms with van der Waals surface area (Å²) in [6.45, 7) is 0. The molecule has 0 atom stereocenters. The summed E-state index contributed by atoms with van der Waals surface area (Å²) in [6, 6.07) is 90.3. The Morgan fingerprint density at radius 3 is 1.46 bits per heavy atom. The molecule has 0 saturated heterocycles. The van der Waals surface area contributed by atoms with Crippen molar-refractivity contribution in [1.29, 1.82) is 0 Å². The summed E-state index contributed by atoms with van der Waals surface area (Å²) in [7, 11) is 0. The Morgan fingerprint density at radius 1 is 0.292 bits per heavy atom. The molecule has 2 heteroatoms. The van der Waals surface area contributed by atoms with Gasteiger partial charge in [0, 0.05) is 38.5 Å². The smallest absolute Gasteiger partial charge is 0.0734 e. The molecular weight excluding hydrogens is 785 g/mol. The lowest BCUT2D eigenvalue weighted by molar-refractivity contribution is 0.772. The number of para-hydroxylation sites is 1. The molecule has 2 aromatic heterocycles. The summed E-state index contributed by atoms with van der Waals surface area (Å²) in [4.78, 5) is 0. The third-order valence-electron chi connectivity index (χ3n) is 14.3. The Balaban J connectivity index is 1.06. The van der Waals surface area contributed by atoms with Crippen LogP contribution in [0.15, 0.2) is 243 Å². The van der Waals surface area contributed by atoms with Crippen LogP contribution in [0.5, 0.6) is 0 Å². The van der Waals surface area contributed by atoms with E-state index in [2.05, 4.69) is 252 Å². The Labute approximate surface area is 376 Å². The van der Waals surface area contributed by atoms with E-state index in [0.29, 0.717) is 0 Å². The standard InChI is InChI=1S/C63H40N2/c1-3-19-47(20-4-1)63(48-21-5-2-6-22-48)57-25-13-11-23-51(57)53-33-34-54-56-40-46(30-36-60(56)65(62(54)61(53)63)50-32-28-42-16-8-10-18-44(42)38-50)45-29-35-59-55(39-45)52-24-12-14-26-58(52)64(59)49-31-27-41-15-7-9-17-43(41)37-49/h1-40H. The molecule has 1 aliphatic carbocycles. The van der Waals surface area contributed by atoms with Gasteiger partial charge in [0.15, 0.2) is 0 Å². The molecule has 302 valence electrons. The molecule has 0 spiro atoms.